The molecule has 2 heterocycles. The minimum Gasteiger partial charge on any atom is -0.487 e. The zero-order valence-electron chi connectivity index (χ0n) is 17.5. The third-order valence-corrected chi connectivity index (χ3v) is 5.15. The van der Waals surface area contributed by atoms with E-state index in [4.69, 9.17) is 9.47 Å². The van der Waals surface area contributed by atoms with Crippen molar-refractivity contribution in [2.75, 3.05) is 13.2 Å². The Morgan fingerprint density at radius 1 is 1.40 bits per heavy atom. The second kappa shape index (κ2) is 8.65. The number of fused-ring (bicyclic) bond motifs is 1. The number of aliphatic hydroxyl groups is 1. The van der Waals surface area contributed by atoms with Gasteiger partial charge in [0.25, 0.3) is 5.92 Å². The smallest absolute Gasteiger partial charge is 0.357 e. The number of rotatable bonds is 7. The standard InChI is InChI=1S/C22H26F2N2O4/c1-5-29-21(28)19-17-11-26(20(27)16(17)8-9-25-19)14(3)15-6-7-18(13(2)10-15)30-12-22(4,23)24/h6-10,14,20,27H,5,11-12H2,1-4H3. The van der Waals surface area contributed by atoms with Gasteiger partial charge in [-0.2, -0.15) is 0 Å². The van der Waals surface area contributed by atoms with Crippen molar-refractivity contribution in [3.8, 4) is 5.75 Å². The fraction of sp³-hybridized carbons (Fsp3) is 0.455. The highest BCUT2D eigenvalue weighted by molar-refractivity contribution is 5.89. The first-order valence-electron chi connectivity index (χ1n) is 9.82. The lowest BCUT2D eigenvalue weighted by atomic mass is 10.0. The highest BCUT2D eigenvalue weighted by Crippen LogP contribution is 2.40. The number of esters is 1. The molecule has 1 aliphatic heterocycles. The average Bonchev–Trinajstić information content (AvgIpc) is 3.02. The van der Waals surface area contributed by atoms with Crippen molar-refractivity contribution >= 4 is 5.97 Å². The number of aromatic nitrogens is 1. The van der Waals surface area contributed by atoms with E-state index in [-0.39, 0.29) is 18.3 Å². The summed E-state index contributed by atoms with van der Waals surface area (Å²) in [6, 6.07) is 6.80. The summed E-state index contributed by atoms with van der Waals surface area (Å²) < 4.78 is 36.4. The molecule has 8 heteroatoms. The number of hydrogen-bond acceptors (Lipinski definition) is 6. The molecule has 0 saturated carbocycles. The van der Waals surface area contributed by atoms with Crippen LogP contribution in [-0.4, -0.2) is 40.1 Å². The number of aryl methyl sites for hydroxylation is 1. The van der Waals surface area contributed by atoms with Crippen molar-refractivity contribution in [1.82, 2.24) is 9.88 Å². The van der Waals surface area contributed by atoms with Gasteiger partial charge in [-0.25, -0.2) is 18.6 Å². The van der Waals surface area contributed by atoms with Crippen LogP contribution in [0.15, 0.2) is 30.5 Å². The van der Waals surface area contributed by atoms with Gasteiger partial charge in [-0.05, 0) is 44.0 Å². The van der Waals surface area contributed by atoms with Gasteiger partial charge in [-0.3, -0.25) is 4.90 Å². The molecule has 30 heavy (non-hydrogen) atoms. The molecule has 0 saturated heterocycles. The molecule has 1 aromatic carbocycles. The van der Waals surface area contributed by atoms with Gasteiger partial charge in [-0.15, -0.1) is 0 Å². The number of ether oxygens (including phenoxy) is 2. The average molecular weight is 420 g/mol. The summed E-state index contributed by atoms with van der Waals surface area (Å²) in [5.41, 5.74) is 3.10. The fourth-order valence-electron chi connectivity index (χ4n) is 3.58. The first-order valence-corrected chi connectivity index (χ1v) is 9.82. The Morgan fingerprint density at radius 2 is 2.13 bits per heavy atom. The van der Waals surface area contributed by atoms with Gasteiger partial charge in [0, 0.05) is 36.8 Å². The normalized spacial score (nSPS) is 17.5. The lowest BCUT2D eigenvalue weighted by Crippen LogP contribution is -2.25. The molecule has 1 aromatic heterocycles. The molecular weight excluding hydrogens is 394 g/mol. The predicted molar refractivity (Wildman–Crippen MR) is 106 cm³/mol. The second-order valence-electron chi connectivity index (χ2n) is 7.55. The van der Waals surface area contributed by atoms with E-state index in [0.717, 1.165) is 18.1 Å². The van der Waals surface area contributed by atoms with Crippen LogP contribution in [0, 0.1) is 6.92 Å². The Balaban J connectivity index is 1.80. The summed E-state index contributed by atoms with van der Waals surface area (Å²) in [5.74, 6) is -3.03. The first kappa shape index (κ1) is 22.1. The number of carbonyl (C=O) groups is 1. The minimum absolute atomic E-state index is 0.206. The number of alkyl halides is 2. The van der Waals surface area contributed by atoms with Gasteiger partial charge in [-0.1, -0.05) is 12.1 Å². The van der Waals surface area contributed by atoms with E-state index in [1.807, 2.05) is 17.9 Å². The molecule has 0 bridgehead atoms. The molecule has 0 spiro atoms. The Morgan fingerprint density at radius 3 is 2.77 bits per heavy atom. The van der Waals surface area contributed by atoms with E-state index >= 15 is 0 Å². The minimum atomic E-state index is -2.91. The molecule has 1 aliphatic rings. The van der Waals surface area contributed by atoms with E-state index < -0.39 is 24.7 Å². The molecule has 2 unspecified atom stereocenters. The van der Waals surface area contributed by atoms with E-state index in [9.17, 15) is 18.7 Å². The maximum absolute atomic E-state index is 13.1. The lowest BCUT2D eigenvalue weighted by Gasteiger charge is -2.28. The lowest BCUT2D eigenvalue weighted by molar-refractivity contribution is -0.0232. The van der Waals surface area contributed by atoms with Crippen LogP contribution in [0.1, 0.15) is 65.8 Å². The number of carbonyl (C=O) groups excluding carboxylic acids is 1. The van der Waals surface area contributed by atoms with Crippen molar-refractivity contribution in [3.05, 3.63) is 58.4 Å². The summed E-state index contributed by atoms with van der Waals surface area (Å²) in [6.07, 6.45) is 0.587. The van der Waals surface area contributed by atoms with E-state index in [2.05, 4.69) is 4.98 Å². The number of pyridine rings is 1. The van der Waals surface area contributed by atoms with Crippen molar-refractivity contribution in [2.45, 2.75) is 52.4 Å². The number of nitrogens with zero attached hydrogens (tertiary/aromatic N) is 2. The van der Waals surface area contributed by atoms with Gasteiger partial charge in [0.1, 0.15) is 12.0 Å². The second-order valence-corrected chi connectivity index (χ2v) is 7.55. The van der Waals surface area contributed by atoms with Gasteiger partial charge in [0.2, 0.25) is 0 Å². The molecule has 1 N–H and O–H groups in total. The van der Waals surface area contributed by atoms with Crippen LogP contribution in [0.5, 0.6) is 5.75 Å². The molecule has 6 nitrogen and oxygen atoms in total. The van der Waals surface area contributed by atoms with Gasteiger partial charge >= 0.3 is 5.97 Å². The molecule has 0 radical (unpaired) electrons. The summed E-state index contributed by atoms with van der Waals surface area (Å²) >= 11 is 0. The van der Waals surface area contributed by atoms with Crippen LogP contribution >= 0.6 is 0 Å². The van der Waals surface area contributed by atoms with Crippen LogP contribution in [0.4, 0.5) is 8.78 Å². The SMILES string of the molecule is CCOC(=O)c1nccc2c1CN(C(C)c1ccc(OCC(C)(F)F)c(C)c1)C2O. The first-order chi connectivity index (χ1) is 14.1. The van der Waals surface area contributed by atoms with Gasteiger partial charge in [0.15, 0.2) is 12.3 Å². The van der Waals surface area contributed by atoms with Gasteiger partial charge in [0.05, 0.1) is 6.61 Å². The number of benzene rings is 1. The van der Waals surface area contributed by atoms with Crippen LogP contribution in [0.3, 0.4) is 0 Å². The van der Waals surface area contributed by atoms with E-state index in [1.54, 1.807) is 32.0 Å². The summed E-state index contributed by atoms with van der Waals surface area (Å²) in [4.78, 5) is 18.2. The van der Waals surface area contributed by atoms with Crippen LogP contribution in [0.2, 0.25) is 0 Å². The number of aliphatic hydroxyl groups excluding tert-OH is 1. The third-order valence-electron chi connectivity index (χ3n) is 5.15. The Bertz CT molecular complexity index is 930. The maximum atomic E-state index is 13.1. The van der Waals surface area contributed by atoms with Crippen molar-refractivity contribution in [2.24, 2.45) is 0 Å². The molecule has 2 aromatic rings. The largest absolute Gasteiger partial charge is 0.487 e. The number of hydrogen-bond donors (Lipinski definition) is 1. The zero-order valence-corrected chi connectivity index (χ0v) is 17.5. The highest BCUT2D eigenvalue weighted by atomic mass is 19.3. The molecule has 3 rings (SSSR count). The molecular formula is C22H26F2N2O4. The van der Waals surface area contributed by atoms with Crippen molar-refractivity contribution in [3.63, 3.8) is 0 Å². The summed E-state index contributed by atoms with van der Waals surface area (Å²) in [7, 11) is 0. The predicted octanol–water partition coefficient (Wildman–Crippen LogP) is 4.17. The summed E-state index contributed by atoms with van der Waals surface area (Å²) in [5, 5.41) is 10.8. The topological polar surface area (TPSA) is 71.9 Å². The molecule has 0 amide bonds. The Hall–Kier alpha value is -2.58. The molecule has 0 fully saturated rings. The third kappa shape index (κ3) is 4.60. The van der Waals surface area contributed by atoms with Crippen LogP contribution in [0.25, 0.3) is 0 Å². The zero-order chi connectivity index (χ0) is 22.1. The molecule has 162 valence electrons. The Labute approximate surface area is 174 Å². The number of halogens is 2. The fourth-order valence-corrected chi connectivity index (χ4v) is 3.58. The Kier molecular flexibility index (Phi) is 6.38. The van der Waals surface area contributed by atoms with E-state index in [0.29, 0.717) is 23.4 Å². The molecule has 0 aliphatic carbocycles. The monoisotopic (exact) mass is 420 g/mol. The van der Waals surface area contributed by atoms with Crippen molar-refractivity contribution in [1.29, 1.82) is 0 Å². The quantitative estimate of drug-likeness (QED) is 0.678. The van der Waals surface area contributed by atoms with Crippen LogP contribution < -0.4 is 4.74 Å². The summed E-state index contributed by atoms with van der Waals surface area (Å²) in [6.45, 7) is 6.14. The van der Waals surface area contributed by atoms with Gasteiger partial charge < -0.3 is 14.6 Å². The molecule has 2 atom stereocenters. The van der Waals surface area contributed by atoms with Crippen molar-refractivity contribution < 1.29 is 28.2 Å². The van der Waals surface area contributed by atoms with E-state index in [1.165, 1.54) is 6.20 Å². The highest BCUT2D eigenvalue weighted by Gasteiger charge is 2.36. The van der Waals surface area contributed by atoms with Crippen LogP contribution in [-0.2, 0) is 11.3 Å². The maximum Gasteiger partial charge on any atom is 0.357 e.